The highest BCUT2D eigenvalue weighted by molar-refractivity contribution is 9.10. The summed E-state index contributed by atoms with van der Waals surface area (Å²) in [6.45, 7) is 4.56. The third-order valence-corrected chi connectivity index (χ3v) is 3.54. The van der Waals surface area contributed by atoms with Gasteiger partial charge in [-0.15, -0.1) is 0 Å². The molecular formula is C13H13BrClN3O. The Bertz CT molecular complexity index is 624. The first-order chi connectivity index (χ1) is 9.01. The van der Waals surface area contributed by atoms with Crippen LogP contribution in [0.15, 0.2) is 29.0 Å². The zero-order valence-corrected chi connectivity index (χ0v) is 12.9. The zero-order valence-electron chi connectivity index (χ0n) is 10.6. The molecule has 0 radical (unpaired) electrons. The number of amides is 1. The van der Waals surface area contributed by atoms with Crippen molar-refractivity contribution in [3.8, 4) is 0 Å². The Morgan fingerprint density at radius 2 is 2.26 bits per heavy atom. The summed E-state index contributed by atoms with van der Waals surface area (Å²) in [6.07, 6.45) is 3.42. The molecule has 0 fully saturated rings. The lowest BCUT2D eigenvalue weighted by atomic mass is 10.3. The van der Waals surface area contributed by atoms with Crippen molar-refractivity contribution in [1.82, 2.24) is 9.55 Å². The maximum Gasteiger partial charge on any atom is 0.272 e. The summed E-state index contributed by atoms with van der Waals surface area (Å²) in [5.74, 6) is -0.170. The molecule has 0 saturated heterocycles. The molecule has 0 unspecified atom stereocenters. The van der Waals surface area contributed by atoms with E-state index in [9.17, 15) is 4.79 Å². The van der Waals surface area contributed by atoms with E-state index in [1.165, 1.54) is 0 Å². The van der Waals surface area contributed by atoms with Gasteiger partial charge in [0.1, 0.15) is 10.8 Å². The molecule has 1 N–H and O–H groups in total. The van der Waals surface area contributed by atoms with Crippen LogP contribution < -0.4 is 5.32 Å². The molecule has 6 heteroatoms. The van der Waals surface area contributed by atoms with Crippen LogP contribution in [0.2, 0.25) is 5.15 Å². The maximum absolute atomic E-state index is 12.2. The van der Waals surface area contributed by atoms with E-state index in [2.05, 4.69) is 26.2 Å². The van der Waals surface area contributed by atoms with Crippen LogP contribution in [0.1, 0.15) is 23.0 Å². The molecule has 0 atom stereocenters. The fourth-order valence-electron chi connectivity index (χ4n) is 1.75. The number of carbonyl (C=O) groups excluding carboxylic acids is 1. The summed E-state index contributed by atoms with van der Waals surface area (Å²) in [5, 5.41) is 3.25. The number of rotatable bonds is 3. The Morgan fingerprint density at radius 3 is 2.89 bits per heavy atom. The molecule has 2 aromatic rings. The molecule has 2 rings (SSSR count). The van der Waals surface area contributed by atoms with Gasteiger partial charge in [-0.3, -0.25) is 4.79 Å². The number of carbonyl (C=O) groups is 1. The Balaban J connectivity index is 2.22. The molecule has 2 aromatic heterocycles. The van der Waals surface area contributed by atoms with Crippen LogP contribution in [0.4, 0.5) is 5.69 Å². The second kappa shape index (κ2) is 5.75. The van der Waals surface area contributed by atoms with Crippen LogP contribution in [-0.4, -0.2) is 15.5 Å². The molecule has 0 aliphatic carbocycles. The molecule has 0 aliphatic rings. The van der Waals surface area contributed by atoms with Crippen molar-refractivity contribution < 1.29 is 4.79 Å². The van der Waals surface area contributed by atoms with E-state index >= 15 is 0 Å². The molecule has 0 bridgehead atoms. The maximum atomic E-state index is 12.2. The van der Waals surface area contributed by atoms with Gasteiger partial charge in [-0.1, -0.05) is 11.6 Å². The highest BCUT2D eigenvalue weighted by Crippen LogP contribution is 2.19. The number of hydrogen-bond donors (Lipinski definition) is 1. The molecule has 0 saturated carbocycles. The monoisotopic (exact) mass is 341 g/mol. The Hall–Kier alpha value is -1.33. The Kier molecular flexibility index (Phi) is 4.27. The smallest absolute Gasteiger partial charge is 0.272 e. The van der Waals surface area contributed by atoms with Gasteiger partial charge in [0.15, 0.2) is 0 Å². The number of halogens is 2. The topological polar surface area (TPSA) is 46.9 Å². The lowest BCUT2D eigenvalue weighted by molar-refractivity contribution is 0.101. The number of nitrogens with one attached hydrogen (secondary N) is 1. The van der Waals surface area contributed by atoms with Crippen LogP contribution in [0.3, 0.4) is 0 Å². The fourth-order valence-corrected chi connectivity index (χ4v) is 2.32. The van der Waals surface area contributed by atoms with E-state index in [-0.39, 0.29) is 5.91 Å². The molecule has 100 valence electrons. The quantitative estimate of drug-likeness (QED) is 0.861. The SMILES string of the molecule is CCn1cc(Br)cc1C(=O)Nc1cnc(Cl)c(C)c1. The predicted molar refractivity (Wildman–Crippen MR) is 79.7 cm³/mol. The van der Waals surface area contributed by atoms with Crippen LogP contribution in [0, 0.1) is 6.92 Å². The third-order valence-electron chi connectivity index (χ3n) is 2.71. The first-order valence-electron chi connectivity index (χ1n) is 5.80. The molecule has 2 heterocycles. The molecule has 19 heavy (non-hydrogen) atoms. The van der Waals surface area contributed by atoms with Crippen molar-refractivity contribution >= 4 is 39.1 Å². The van der Waals surface area contributed by atoms with Gasteiger partial charge in [0, 0.05) is 17.2 Å². The molecule has 0 aromatic carbocycles. The minimum Gasteiger partial charge on any atom is -0.343 e. The van der Waals surface area contributed by atoms with Gasteiger partial charge in [-0.2, -0.15) is 0 Å². The zero-order chi connectivity index (χ0) is 14.0. The normalized spacial score (nSPS) is 10.5. The summed E-state index contributed by atoms with van der Waals surface area (Å²) in [7, 11) is 0. The fraction of sp³-hybridized carbons (Fsp3) is 0.231. The summed E-state index contributed by atoms with van der Waals surface area (Å²) < 4.78 is 2.75. The van der Waals surface area contributed by atoms with Crippen molar-refractivity contribution in [2.24, 2.45) is 0 Å². The van der Waals surface area contributed by atoms with Gasteiger partial charge in [0.2, 0.25) is 0 Å². The van der Waals surface area contributed by atoms with E-state index in [4.69, 9.17) is 11.6 Å². The van der Waals surface area contributed by atoms with Gasteiger partial charge in [-0.25, -0.2) is 4.98 Å². The van der Waals surface area contributed by atoms with Crippen LogP contribution in [0.25, 0.3) is 0 Å². The summed E-state index contributed by atoms with van der Waals surface area (Å²) in [6, 6.07) is 3.58. The number of hydrogen-bond acceptors (Lipinski definition) is 2. The average molecular weight is 343 g/mol. The average Bonchev–Trinajstić information content (AvgIpc) is 2.75. The van der Waals surface area contributed by atoms with Crippen molar-refractivity contribution in [2.45, 2.75) is 20.4 Å². The highest BCUT2D eigenvalue weighted by atomic mass is 79.9. The number of anilines is 1. The summed E-state index contributed by atoms with van der Waals surface area (Å²) in [4.78, 5) is 16.2. The van der Waals surface area contributed by atoms with Gasteiger partial charge in [-0.05, 0) is 47.5 Å². The first-order valence-corrected chi connectivity index (χ1v) is 6.97. The largest absolute Gasteiger partial charge is 0.343 e. The van der Waals surface area contributed by atoms with E-state index in [1.807, 2.05) is 24.6 Å². The van der Waals surface area contributed by atoms with Crippen molar-refractivity contribution in [1.29, 1.82) is 0 Å². The predicted octanol–water partition coefficient (Wildman–Crippen LogP) is 3.88. The molecule has 4 nitrogen and oxygen atoms in total. The highest BCUT2D eigenvalue weighted by Gasteiger charge is 2.13. The second-order valence-electron chi connectivity index (χ2n) is 4.12. The van der Waals surface area contributed by atoms with Crippen LogP contribution in [0.5, 0.6) is 0 Å². The summed E-state index contributed by atoms with van der Waals surface area (Å²) >= 11 is 9.22. The summed E-state index contributed by atoms with van der Waals surface area (Å²) in [5.41, 5.74) is 2.06. The van der Waals surface area contributed by atoms with E-state index in [1.54, 1.807) is 18.3 Å². The Morgan fingerprint density at radius 1 is 1.53 bits per heavy atom. The molecule has 0 aliphatic heterocycles. The van der Waals surface area contributed by atoms with Crippen LogP contribution in [-0.2, 0) is 6.54 Å². The lowest BCUT2D eigenvalue weighted by Gasteiger charge is -2.08. The number of aromatic nitrogens is 2. The van der Waals surface area contributed by atoms with E-state index in [0.717, 1.165) is 16.6 Å². The van der Waals surface area contributed by atoms with E-state index < -0.39 is 0 Å². The number of aryl methyl sites for hydroxylation is 2. The van der Waals surface area contributed by atoms with Crippen molar-refractivity contribution in [3.05, 3.63) is 45.4 Å². The number of nitrogens with zero attached hydrogens (tertiary/aromatic N) is 2. The van der Waals surface area contributed by atoms with Gasteiger partial charge in [0.25, 0.3) is 5.91 Å². The van der Waals surface area contributed by atoms with Crippen LogP contribution >= 0.6 is 27.5 Å². The first kappa shape index (κ1) is 14.1. The van der Waals surface area contributed by atoms with Gasteiger partial charge < -0.3 is 9.88 Å². The minimum atomic E-state index is -0.170. The molecular weight excluding hydrogens is 330 g/mol. The third kappa shape index (κ3) is 3.16. The number of pyridine rings is 1. The van der Waals surface area contributed by atoms with Crippen molar-refractivity contribution in [2.75, 3.05) is 5.32 Å². The van der Waals surface area contributed by atoms with Gasteiger partial charge >= 0.3 is 0 Å². The second-order valence-corrected chi connectivity index (χ2v) is 5.39. The Labute approximate surface area is 124 Å². The van der Waals surface area contributed by atoms with Gasteiger partial charge in [0.05, 0.1) is 11.9 Å². The lowest BCUT2D eigenvalue weighted by Crippen LogP contribution is -2.16. The van der Waals surface area contributed by atoms with Crippen molar-refractivity contribution in [3.63, 3.8) is 0 Å². The molecule has 1 amide bonds. The minimum absolute atomic E-state index is 0.170. The standard InChI is InChI=1S/C13H13BrClN3O/c1-3-18-7-9(14)5-11(18)13(19)17-10-4-8(2)12(15)16-6-10/h4-7H,3H2,1-2H3,(H,17,19). The molecule has 0 spiro atoms. The van der Waals surface area contributed by atoms with E-state index in [0.29, 0.717) is 16.5 Å².